The van der Waals surface area contributed by atoms with Crippen molar-refractivity contribution < 1.29 is 9.13 Å². The summed E-state index contributed by atoms with van der Waals surface area (Å²) in [6.07, 6.45) is 9.91. The van der Waals surface area contributed by atoms with Crippen LogP contribution in [-0.4, -0.2) is 32.6 Å². The lowest BCUT2D eigenvalue weighted by atomic mass is 10.0. The van der Waals surface area contributed by atoms with Crippen molar-refractivity contribution in [2.75, 3.05) is 13.1 Å². The molecule has 0 aliphatic carbocycles. The van der Waals surface area contributed by atoms with Crippen molar-refractivity contribution in [3.63, 3.8) is 0 Å². The fourth-order valence-electron chi connectivity index (χ4n) is 4.10. The summed E-state index contributed by atoms with van der Waals surface area (Å²) in [5.74, 6) is 0.385. The van der Waals surface area contributed by atoms with Crippen molar-refractivity contribution in [1.29, 1.82) is 0 Å². The average Bonchev–Trinajstić information content (AvgIpc) is 3.30. The van der Waals surface area contributed by atoms with E-state index in [0.717, 1.165) is 42.8 Å². The minimum Gasteiger partial charge on any atom is -0.424 e. The molecule has 4 rings (SSSR count). The van der Waals surface area contributed by atoms with E-state index >= 15 is 0 Å². The zero-order valence-electron chi connectivity index (χ0n) is 19.9. The minimum absolute atomic E-state index is 0.259. The number of halogens is 1. The number of aromatic nitrogens is 4. The second kappa shape index (κ2) is 10.6. The number of piperidine rings is 1. The van der Waals surface area contributed by atoms with E-state index in [1.807, 2.05) is 38.4 Å². The van der Waals surface area contributed by atoms with Gasteiger partial charge in [0.05, 0.1) is 23.4 Å². The van der Waals surface area contributed by atoms with E-state index in [-0.39, 0.29) is 17.9 Å². The topological polar surface area (TPSA) is 64.9 Å². The molecule has 0 bridgehead atoms. The normalized spacial score (nSPS) is 15.1. The van der Waals surface area contributed by atoms with Gasteiger partial charge in [0.1, 0.15) is 11.6 Å². The molecule has 1 aromatic carbocycles. The Balaban J connectivity index is 1.74. The summed E-state index contributed by atoms with van der Waals surface area (Å²) in [4.78, 5) is 13.7. The number of nitrogens with zero attached hydrogens (tertiary/aromatic N) is 4. The number of allylic oxidation sites excluding steroid dienone is 5. The molecule has 1 aliphatic rings. The van der Waals surface area contributed by atoms with Crippen LogP contribution < -0.4 is 10.1 Å². The van der Waals surface area contributed by atoms with E-state index in [0.29, 0.717) is 22.7 Å². The van der Waals surface area contributed by atoms with E-state index in [1.165, 1.54) is 12.2 Å². The van der Waals surface area contributed by atoms with Crippen LogP contribution in [0.1, 0.15) is 42.6 Å². The average molecular weight is 460 g/mol. The van der Waals surface area contributed by atoms with E-state index in [2.05, 4.69) is 32.5 Å². The summed E-state index contributed by atoms with van der Waals surface area (Å²) in [5.41, 5.74) is 4.96. The van der Waals surface area contributed by atoms with Crippen LogP contribution in [0.25, 0.3) is 17.0 Å². The fourth-order valence-corrected chi connectivity index (χ4v) is 4.10. The maximum Gasteiger partial charge on any atom is 0.322 e. The van der Waals surface area contributed by atoms with Gasteiger partial charge in [-0.05, 0) is 76.0 Å². The number of aryl methyl sites for hydroxylation is 2. The molecule has 3 heterocycles. The van der Waals surface area contributed by atoms with Crippen LogP contribution in [-0.2, 0) is 0 Å². The number of hydrogen-bond acceptors (Lipinski definition) is 5. The lowest BCUT2D eigenvalue weighted by molar-refractivity contribution is 0.370. The molecule has 34 heavy (non-hydrogen) atoms. The summed E-state index contributed by atoms with van der Waals surface area (Å²) in [5, 5.41) is 3.40. The van der Waals surface area contributed by atoms with E-state index in [9.17, 15) is 4.39 Å². The highest BCUT2D eigenvalue weighted by molar-refractivity contribution is 5.80. The second-order valence-corrected chi connectivity index (χ2v) is 8.46. The molecular weight excluding hydrogens is 429 g/mol. The van der Waals surface area contributed by atoms with Crippen LogP contribution in [0.15, 0.2) is 67.4 Å². The van der Waals surface area contributed by atoms with Gasteiger partial charge >= 0.3 is 6.01 Å². The molecule has 2 aromatic heterocycles. The van der Waals surface area contributed by atoms with Gasteiger partial charge in [0.2, 0.25) is 0 Å². The van der Waals surface area contributed by atoms with Gasteiger partial charge in [-0.1, -0.05) is 36.4 Å². The molecule has 0 amide bonds. The van der Waals surface area contributed by atoms with Crippen molar-refractivity contribution in [2.45, 2.75) is 39.7 Å². The molecule has 1 fully saturated rings. The molecule has 7 heteroatoms. The molecule has 1 N–H and O–H groups in total. The Morgan fingerprint density at radius 1 is 1.18 bits per heavy atom. The summed E-state index contributed by atoms with van der Waals surface area (Å²) in [7, 11) is 0. The molecule has 3 aromatic rings. The molecule has 0 spiro atoms. The SMILES string of the molecule is C=C(/C=C\C(F)=C/C)c1ncn(C2CCNCC2)c1-c1ccnc(Oc2ccc(C)cc2C)n1. The molecular formula is C27H30FN5O. The van der Waals surface area contributed by atoms with Gasteiger partial charge in [-0.2, -0.15) is 4.98 Å². The van der Waals surface area contributed by atoms with Crippen molar-refractivity contribution in [2.24, 2.45) is 0 Å². The molecule has 0 saturated carbocycles. The highest BCUT2D eigenvalue weighted by Gasteiger charge is 2.23. The molecule has 0 unspecified atom stereocenters. The molecule has 1 saturated heterocycles. The van der Waals surface area contributed by atoms with Gasteiger partial charge in [-0.15, -0.1) is 0 Å². The predicted molar refractivity (Wildman–Crippen MR) is 133 cm³/mol. The molecule has 0 atom stereocenters. The van der Waals surface area contributed by atoms with Crippen LogP contribution in [0.5, 0.6) is 11.8 Å². The Labute approximate surface area is 199 Å². The Kier molecular flexibility index (Phi) is 7.33. The number of hydrogen-bond donors (Lipinski definition) is 1. The van der Waals surface area contributed by atoms with Crippen molar-refractivity contribution >= 4 is 5.57 Å². The van der Waals surface area contributed by atoms with Crippen LogP contribution >= 0.6 is 0 Å². The second-order valence-electron chi connectivity index (χ2n) is 8.46. The van der Waals surface area contributed by atoms with Gasteiger partial charge in [0.15, 0.2) is 0 Å². The summed E-state index contributed by atoms with van der Waals surface area (Å²) < 4.78 is 21.9. The third-order valence-corrected chi connectivity index (χ3v) is 5.93. The minimum atomic E-state index is -0.327. The smallest absolute Gasteiger partial charge is 0.322 e. The highest BCUT2D eigenvalue weighted by Crippen LogP contribution is 2.33. The van der Waals surface area contributed by atoms with Gasteiger partial charge in [-0.3, -0.25) is 0 Å². The molecule has 1 aliphatic heterocycles. The third-order valence-electron chi connectivity index (χ3n) is 5.93. The van der Waals surface area contributed by atoms with Crippen molar-refractivity contribution in [3.05, 3.63) is 84.2 Å². The number of ether oxygens (including phenoxy) is 1. The standard InChI is InChI=1S/C27H30FN5O/c1-5-21(28)8-7-19(3)25-26(33(17-31-25)22-10-13-29-14-11-22)23-12-15-30-27(32-23)34-24-9-6-18(2)16-20(24)4/h5-9,12,15-17,22,29H,3,10-11,13-14H2,1-2,4H3/b8-7-,21-5+. The van der Waals surface area contributed by atoms with Crippen LogP contribution in [0.4, 0.5) is 4.39 Å². The highest BCUT2D eigenvalue weighted by atomic mass is 19.1. The Morgan fingerprint density at radius 2 is 1.97 bits per heavy atom. The van der Waals surface area contributed by atoms with Gasteiger partial charge < -0.3 is 14.6 Å². The van der Waals surface area contributed by atoms with E-state index in [1.54, 1.807) is 19.2 Å². The van der Waals surface area contributed by atoms with Crippen LogP contribution in [0, 0.1) is 13.8 Å². The first kappa shape index (κ1) is 23.6. The predicted octanol–water partition coefficient (Wildman–Crippen LogP) is 6.12. The van der Waals surface area contributed by atoms with Gasteiger partial charge in [0, 0.05) is 12.2 Å². The lowest BCUT2D eigenvalue weighted by Gasteiger charge is -2.25. The van der Waals surface area contributed by atoms with Crippen LogP contribution in [0.2, 0.25) is 0 Å². The quantitative estimate of drug-likeness (QED) is 0.432. The van der Waals surface area contributed by atoms with Crippen molar-refractivity contribution in [3.8, 4) is 23.1 Å². The number of rotatable bonds is 7. The van der Waals surface area contributed by atoms with E-state index < -0.39 is 0 Å². The van der Waals surface area contributed by atoms with Crippen molar-refractivity contribution in [1.82, 2.24) is 24.8 Å². The van der Waals surface area contributed by atoms with E-state index in [4.69, 9.17) is 9.72 Å². The zero-order chi connectivity index (χ0) is 24.1. The summed E-state index contributed by atoms with van der Waals surface area (Å²) in [6, 6.07) is 8.36. The largest absolute Gasteiger partial charge is 0.424 e. The number of benzene rings is 1. The fraction of sp³-hybridized carbons (Fsp3) is 0.296. The summed E-state index contributed by atoms with van der Waals surface area (Å²) >= 11 is 0. The zero-order valence-corrected chi connectivity index (χ0v) is 19.9. The number of imidazole rings is 1. The maximum atomic E-state index is 13.7. The van der Waals surface area contributed by atoms with Gasteiger partial charge in [-0.25, -0.2) is 14.4 Å². The first-order valence-corrected chi connectivity index (χ1v) is 11.5. The Hall–Kier alpha value is -3.58. The first-order valence-electron chi connectivity index (χ1n) is 11.5. The Morgan fingerprint density at radius 3 is 2.71 bits per heavy atom. The molecule has 6 nitrogen and oxygen atoms in total. The summed E-state index contributed by atoms with van der Waals surface area (Å²) in [6.45, 7) is 11.7. The van der Waals surface area contributed by atoms with Crippen LogP contribution in [0.3, 0.4) is 0 Å². The first-order chi connectivity index (χ1) is 16.5. The molecule has 176 valence electrons. The third kappa shape index (κ3) is 5.31. The monoisotopic (exact) mass is 459 g/mol. The Bertz CT molecular complexity index is 1240. The lowest BCUT2D eigenvalue weighted by Crippen LogP contribution is -2.29. The maximum absolute atomic E-state index is 13.7. The number of nitrogens with one attached hydrogen (secondary N) is 1. The van der Waals surface area contributed by atoms with Gasteiger partial charge in [0.25, 0.3) is 0 Å². The molecule has 0 radical (unpaired) electrons.